The van der Waals surface area contributed by atoms with E-state index in [1.165, 1.54) is 23.9 Å². The molecule has 0 unspecified atom stereocenters. The molecule has 0 saturated carbocycles. The number of aryl methyl sites for hydroxylation is 1. The molecule has 0 N–H and O–H groups in total. The zero-order chi connectivity index (χ0) is 25.5. The number of hydrogen-bond acceptors (Lipinski definition) is 7. The van der Waals surface area contributed by atoms with Gasteiger partial charge < -0.3 is 9.47 Å². The first-order valence-corrected chi connectivity index (χ1v) is 12.2. The number of thioether (sulfide) groups is 1. The number of rotatable bonds is 11. The molecule has 1 aromatic heterocycles. The minimum absolute atomic E-state index is 0.203. The van der Waals surface area contributed by atoms with E-state index in [1.54, 1.807) is 18.2 Å². The molecular formula is C26H25FN4O4S. The number of nitrogens with zero attached hydrogens (tertiary/aromatic N) is 4. The molecule has 186 valence electrons. The van der Waals surface area contributed by atoms with Crippen LogP contribution >= 0.6 is 11.8 Å². The van der Waals surface area contributed by atoms with Crippen molar-refractivity contribution in [3.8, 4) is 17.2 Å². The molecule has 1 heterocycles. The van der Waals surface area contributed by atoms with Crippen molar-refractivity contribution in [2.45, 2.75) is 30.9 Å². The lowest BCUT2D eigenvalue weighted by Crippen LogP contribution is -2.12. The minimum Gasteiger partial charge on any atom is -0.494 e. The van der Waals surface area contributed by atoms with Gasteiger partial charge in [0.2, 0.25) is 6.54 Å². The average Bonchev–Trinajstić information content (AvgIpc) is 3.23. The van der Waals surface area contributed by atoms with E-state index < -0.39 is 5.25 Å². The summed E-state index contributed by atoms with van der Waals surface area (Å²) in [5.74, 6) is 1.60. The van der Waals surface area contributed by atoms with E-state index in [2.05, 4.69) is 10.2 Å². The highest BCUT2D eigenvalue weighted by Gasteiger charge is 2.26. The fourth-order valence-corrected chi connectivity index (χ4v) is 4.86. The first kappa shape index (κ1) is 25.2. The third-order valence-corrected chi connectivity index (χ3v) is 6.50. The zero-order valence-electron chi connectivity index (χ0n) is 19.8. The molecule has 0 aliphatic rings. The predicted octanol–water partition coefficient (Wildman–Crippen LogP) is 5.80. The highest BCUT2D eigenvalue weighted by atomic mass is 32.2. The Labute approximate surface area is 212 Å². The van der Waals surface area contributed by atoms with Crippen LogP contribution in [-0.4, -0.2) is 32.8 Å². The molecule has 0 aliphatic heterocycles. The molecule has 1 atom stereocenters. The van der Waals surface area contributed by atoms with Gasteiger partial charge in [0, 0.05) is 16.2 Å². The van der Waals surface area contributed by atoms with Crippen molar-refractivity contribution in [1.29, 1.82) is 0 Å². The van der Waals surface area contributed by atoms with E-state index in [0.29, 0.717) is 28.9 Å². The van der Waals surface area contributed by atoms with Gasteiger partial charge in [-0.25, -0.2) is 4.39 Å². The Morgan fingerprint density at radius 1 is 1.03 bits per heavy atom. The Balaban J connectivity index is 1.61. The molecule has 8 nitrogen and oxygen atoms in total. The smallest absolute Gasteiger partial charge is 0.220 e. The highest BCUT2D eigenvalue weighted by molar-refractivity contribution is 7.99. The van der Waals surface area contributed by atoms with Crippen molar-refractivity contribution in [1.82, 2.24) is 14.8 Å². The predicted molar refractivity (Wildman–Crippen MR) is 135 cm³/mol. The average molecular weight is 509 g/mol. The summed E-state index contributed by atoms with van der Waals surface area (Å²) in [6.07, 6.45) is 0. The third kappa shape index (κ3) is 6.19. The van der Waals surface area contributed by atoms with Crippen LogP contribution in [0.1, 0.15) is 29.1 Å². The molecule has 3 aromatic carbocycles. The second kappa shape index (κ2) is 11.7. The van der Waals surface area contributed by atoms with Gasteiger partial charge in [0.25, 0.3) is 0 Å². The van der Waals surface area contributed by atoms with Gasteiger partial charge in [0.15, 0.2) is 5.16 Å². The van der Waals surface area contributed by atoms with Gasteiger partial charge in [0.1, 0.15) is 35.0 Å². The molecule has 0 aliphatic carbocycles. The topological polar surface area (TPSA) is 92.3 Å². The number of aromatic nitrogens is 3. The second-order valence-corrected chi connectivity index (χ2v) is 9.04. The Hall–Kier alpha value is -3.92. The zero-order valence-corrected chi connectivity index (χ0v) is 20.7. The van der Waals surface area contributed by atoms with Crippen LogP contribution in [0, 0.1) is 22.9 Å². The number of para-hydroxylation sites is 1. The first-order chi connectivity index (χ1) is 17.4. The number of benzene rings is 3. The normalized spacial score (nSPS) is 11.8. The first-order valence-electron chi connectivity index (χ1n) is 11.3. The van der Waals surface area contributed by atoms with Crippen LogP contribution < -0.4 is 9.47 Å². The fraction of sp³-hybridized carbons (Fsp3) is 0.231. The monoisotopic (exact) mass is 508 g/mol. The summed E-state index contributed by atoms with van der Waals surface area (Å²) in [4.78, 5) is 11.3. The van der Waals surface area contributed by atoms with Crippen molar-refractivity contribution in [3.05, 3.63) is 106 Å². The van der Waals surface area contributed by atoms with Crippen molar-refractivity contribution < 1.29 is 18.8 Å². The quantitative estimate of drug-likeness (QED) is 0.144. The van der Waals surface area contributed by atoms with Crippen LogP contribution in [-0.2, 0) is 6.61 Å². The van der Waals surface area contributed by atoms with Crippen molar-refractivity contribution >= 4 is 11.8 Å². The largest absolute Gasteiger partial charge is 0.494 e. The molecule has 0 bridgehead atoms. The third-order valence-electron chi connectivity index (χ3n) is 5.34. The molecule has 0 spiro atoms. The van der Waals surface area contributed by atoms with Gasteiger partial charge in [-0.2, -0.15) is 0 Å². The Bertz CT molecular complexity index is 1310. The summed E-state index contributed by atoms with van der Waals surface area (Å²) in [6.45, 7) is 4.18. The second-order valence-electron chi connectivity index (χ2n) is 7.87. The molecule has 10 heteroatoms. The summed E-state index contributed by atoms with van der Waals surface area (Å²) >= 11 is 1.25. The summed E-state index contributed by atoms with van der Waals surface area (Å²) in [7, 11) is 0. The summed E-state index contributed by atoms with van der Waals surface area (Å²) in [6, 6.07) is 20.7. The summed E-state index contributed by atoms with van der Waals surface area (Å²) in [5.41, 5.74) is 2.28. The van der Waals surface area contributed by atoms with Crippen LogP contribution in [0.4, 0.5) is 4.39 Å². The van der Waals surface area contributed by atoms with Gasteiger partial charge in [-0.05, 0) is 61.9 Å². The van der Waals surface area contributed by atoms with E-state index >= 15 is 0 Å². The summed E-state index contributed by atoms with van der Waals surface area (Å²) < 4.78 is 26.6. The van der Waals surface area contributed by atoms with E-state index in [-0.39, 0.29) is 23.9 Å². The van der Waals surface area contributed by atoms with E-state index in [0.717, 1.165) is 17.0 Å². The van der Waals surface area contributed by atoms with Crippen molar-refractivity contribution in [2.24, 2.45) is 0 Å². The van der Waals surface area contributed by atoms with Crippen LogP contribution in [0.2, 0.25) is 0 Å². The van der Waals surface area contributed by atoms with Gasteiger partial charge in [-0.3, -0.25) is 14.7 Å². The van der Waals surface area contributed by atoms with Crippen LogP contribution in [0.5, 0.6) is 11.5 Å². The van der Waals surface area contributed by atoms with Gasteiger partial charge >= 0.3 is 0 Å². The van der Waals surface area contributed by atoms with Crippen LogP contribution in [0.3, 0.4) is 0 Å². The molecule has 0 amide bonds. The maximum Gasteiger partial charge on any atom is 0.220 e. The Morgan fingerprint density at radius 2 is 1.75 bits per heavy atom. The number of nitro groups is 1. The molecule has 0 fully saturated rings. The molecular weight excluding hydrogens is 483 g/mol. The Morgan fingerprint density at radius 3 is 2.44 bits per heavy atom. The maximum absolute atomic E-state index is 13.2. The van der Waals surface area contributed by atoms with Gasteiger partial charge in [-0.15, -0.1) is 10.2 Å². The van der Waals surface area contributed by atoms with Crippen molar-refractivity contribution in [2.75, 3.05) is 13.2 Å². The van der Waals surface area contributed by atoms with Crippen LogP contribution in [0.25, 0.3) is 5.69 Å². The van der Waals surface area contributed by atoms with Crippen molar-refractivity contribution in [3.63, 3.8) is 0 Å². The number of halogens is 1. The minimum atomic E-state index is -0.588. The SMILES string of the molecule is CCOc1ccc(-n2c(C)nnc2S[C@@H](C[N+](=O)[O-])c2ccccc2OCc2ccc(F)cc2)cc1. The lowest BCUT2D eigenvalue weighted by Gasteiger charge is -2.18. The molecule has 4 rings (SSSR count). The molecule has 36 heavy (non-hydrogen) atoms. The lowest BCUT2D eigenvalue weighted by molar-refractivity contribution is -0.479. The standard InChI is InChI=1S/C26H25FN4O4S/c1-3-34-22-14-12-21(13-15-22)31-18(2)28-29-26(31)36-25(16-30(32)33)23-6-4-5-7-24(23)35-17-19-8-10-20(27)11-9-19/h4-15,25H,3,16-17H2,1-2H3/t25-/m0/s1. The number of hydrogen-bond donors (Lipinski definition) is 0. The number of ether oxygens (including phenoxy) is 2. The lowest BCUT2D eigenvalue weighted by atomic mass is 10.1. The molecule has 0 saturated heterocycles. The molecule has 0 radical (unpaired) electrons. The Kier molecular flexibility index (Phi) is 8.17. The van der Waals surface area contributed by atoms with E-state index in [4.69, 9.17) is 9.47 Å². The molecule has 4 aromatic rings. The van der Waals surface area contributed by atoms with Gasteiger partial charge in [-0.1, -0.05) is 42.1 Å². The highest BCUT2D eigenvalue weighted by Crippen LogP contribution is 2.40. The van der Waals surface area contributed by atoms with Crippen LogP contribution in [0.15, 0.2) is 78.0 Å². The van der Waals surface area contributed by atoms with Gasteiger partial charge in [0.05, 0.1) is 6.61 Å². The van der Waals surface area contributed by atoms with E-state index in [1.807, 2.05) is 60.9 Å². The maximum atomic E-state index is 13.2. The van der Waals surface area contributed by atoms with E-state index in [9.17, 15) is 14.5 Å². The summed E-state index contributed by atoms with van der Waals surface area (Å²) in [5, 5.41) is 20.1. The fourth-order valence-electron chi connectivity index (χ4n) is 3.66.